The number of carbonyl (C=O) groups excluding carboxylic acids is 1. The fourth-order valence-corrected chi connectivity index (χ4v) is 3.27. The van der Waals surface area contributed by atoms with Crippen LogP contribution < -0.4 is 0 Å². The van der Waals surface area contributed by atoms with Crippen LogP contribution in [0.25, 0.3) is 11.0 Å². The van der Waals surface area contributed by atoms with E-state index in [1.807, 2.05) is 37.3 Å². The quantitative estimate of drug-likeness (QED) is 0.431. The van der Waals surface area contributed by atoms with E-state index in [2.05, 4.69) is 15.9 Å². The minimum atomic E-state index is -0.206. The van der Waals surface area contributed by atoms with Gasteiger partial charge in [0, 0.05) is 15.4 Å². The van der Waals surface area contributed by atoms with Crippen LogP contribution in [-0.2, 0) is 13.1 Å². The van der Waals surface area contributed by atoms with Gasteiger partial charge in [0.15, 0.2) is 5.76 Å². The van der Waals surface area contributed by atoms with Crippen molar-refractivity contribution >= 4 is 32.8 Å². The van der Waals surface area contributed by atoms with Crippen LogP contribution in [0, 0.1) is 6.92 Å². The van der Waals surface area contributed by atoms with Crippen molar-refractivity contribution in [3.05, 3.63) is 82.3 Å². The molecule has 0 saturated heterocycles. The molecule has 0 bridgehead atoms. The van der Waals surface area contributed by atoms with E-state index in [0.29, 0.717) is 36.0 Å². The summed E-state index contributed by atoms with van der Waals surface area (Å²) in [7, 11) is 0. The van der Waals surface area contributed by atoms with Crippen LogP contribution in [0.15, 0.2) is 72.7 Å². The van der Waals surface area contributed by atoms with Crippen molar-refractivity contribution in [2.24, 2.45) is 0 Å². The van der Waals surface area contributed by atoms with Gasteiger partial charge in [-0.15, -0.1) is 0 Å². The minimum absolute atomic E-state index is 0.206. The van der Waals surface area contributed by atoms with Crippen molar-refractivity contribution in [2.45, 2.75) is 20.0 Å². The normalized spacial score (nSPS) is 11.2. The predicted octanol–water partition coefficient (Wildman–Crippen LogP) is 5.53. The van der Waals surface area contributed by atoms with Gasteiger partial charge in [-0.2, -0.15) is 0 Å². The molecule has 4 aromatic rings. The maximum absolute atomic E-state index is 13.2. The molecule has 0 radical (unpaired) electrons. The molecule has 132 valence electrons. The molecule has 0 N–H and O–H groups in total. The van der Waals surface area contributed by atoms with Crippen molar-refractivity contribution in [3.63, 3.8) is 0 Å². The molecular weight excluding hydrogens is 398 g/mol. The number of hydrogen-bond acceptors (Lipinski definition) is 4. The fourth-order valence-electron chi connectivity index (χ4n) is 2.93. The summed E-state index contributed by atoms with van der Waals surface area (Å²) in [6.45, 7) is 2.55. The first-order chi connectivity index (χ1) is 12.6. The number of nitrogens with zero attached hydrogens (tertiary/aromatic N) is 1. The SMILES string of the molecule is Cc1c(C(=O)N(Cc2ccco2)Cc2ccco2)oc2cc(Br)ccc12. The van der Waals surface area contributed by atoms with Crippen LogP contribution >= 0.6 is 15.9 Å². The van der Waals surface area contributed by atoms with Crippen LogP contribution in [-0.4, -0.2) is 10.8 Å². The van der Waals surface area contributed by atoms with E-state index >= 15 is 0 Å². The van der Waals surface area contributed by atoms with Crippen molar-refractivity contribution in [2.75, 3.05) is 0 Å². The molecule has 0 unspecified atom stereocenters. The number of amides is 1. The molecule has 3 aromatic heterocycles. The monoisotopic (exact) mass is 413 g/mol. The summed E-state index contributed by atoms with van der Waals surface area (Å²) >= 11 is 3.43. The topological polar surface area (TPSA) is 59.7 Å². The first-order valence-electron chi connectivity index (χ1n) is 8.14. The minimum Gasteiger partial charge on any atom is -0.467 e. The Bertz CT molecular complexity index is 995. The molecule has 26 heavy (non-hydrogen) atoms. The highest BCUT2D eigenvalue weighted by Gasteiger charge is 2.25. The lowest BCUT2D eigenvalue weighted by atomic mass is 10.1. The van der Waals surface area contributed by atoms with Crippen LogP contribution in [0.1, 0.15) is 27.6 Å². The number of carbonyl (C=O) groups is 1. The van der Waals surface area contributed by atoms with Crippen molar-refractivity contribution < 1.29 is 18.0 Å². The highest BCUT2D eigenvalue weighted by atomic mass is 79.9. The molecular formula is C20H16BrNO4. The molecule has 0 fully saturated rings. The Morgan fingerprint density at radius 2 is 1.69 bits per heavy atom. The van der Waals surface area contributed by atoms with Crippen LogP contribution in [0.3, 0.4) is 0 Å². The Balaban J connectivity index is 1.70. The van der Waals surface area contributed by atoms with Gasteiger partial charge in [-0.25, -0.2) is 0 Å². The van der Waals surface area contributed by atoms with Crippen molar-refractivity contribution in [1.29, 1.82) is 0 Å². The largest absolute Gasteiger partial charge is 0.467 e. The highest BCUT2D eigenvalue weighted by molar-refractivity contribution is 9.10. The van der Waals surface area contributed by atoms with Gasteiger partial charge >= 0.3 is 0 Å². The Morgan fingerprint density at radius 1 is 1.04 bits per heavy atom. The molecule has 6 heteroatoms. The summed E-state index contributed by atoms with van der Waals surface area (Å²) in [5.74, 6) is 1.52. The first-order valence-corrected chi connectivity index (χ1v) is 8.94. The van der Waals surface area contributed by atoms with E-state index in [1.165, 1.54) is 0 Å². The zero-order chi connectivity index (χ0) is 18.1. The molecule has 5 nitrogen and oxygen atoms in total. The maximum Gasteiger partial charge on any atom is 0.290 e. The summed E-state index contributed by atoms with van der Waals surface area (Å²) in [5.41, 5.74) is 1.50. The zero-order valence-corrected chi connectivity index (χ0v) is 15.7. The number of furan rings is 3. The summed E-state index contributed by atoms with van der Waals surface area (Å²) in [6.07, 6.45) is 3.18. The average Bonchev–Trinajstić information content (AvgIpc) is 3.36. The lowest BCUT2D eigenvalue weighted by Crippen LogP contribution is -2.30. The third kappa shape index (κ3) is 3.20. The maximum atomic E-state index is 13.2. The summed E-state index contributed by atoms with van der Waals surface area (Å²) < 4.78 is 17.6. The standard InChI is InChI=1S/C20H16BrNO4/c1-13-17-7-6-14(21)10-18(17)26-19(13)20(23)22(11-15-4-2-8-24-15)12-16-5-3-9-25-16/h2-10H,11-12H2,1H3. The van der Waals surface area contributed by atoms with E-state index in [0.717, 1.165) is 15.4 Å². The molecule has 3 heterocycles. The molecule has 1 aromatic carbocycles. The Labute approximate surface area is 158 Å². The molecule has 4 rings (SSSR count). The average molecular weight is 414 g/mol. The first kappa shape index (κ1) is 16.7. The number of halogens is 1. The molecule has 0 aliphatic heterocycles. The molecule has 0 aliphatic rings. The third-order valence-corrected chi connectivity index (χ3v) is 4.73. The molecule has 0 atom stereocenters. The van der Waals surface area contributed by atoms with Gasteiger partial charge in [-0.05, 0) is 49.4 Å². The lowest BCUT2D eigenvalue weighted by Gasteiger charge is -2.19. The zero-order valence-electron chi connectivity index (χ0n) is 14.1. The van der Waals surface area contributed by atoms with Crippen molar-refractivity contribution in [1.82, 2.24) is 4.90 Å². The van der Waals surface area contributed by atoms with Crippen LogP contribution in [0.4, 0.5) is 0 Å². The Hall–Kier alpha value is -2.73. The summed E-state index contributed by atoms with van der Waals surface area (Å²) in [6, 6.07) is 13.0. The van der Waals surface area contributed by atoms with Gasteiger partial charge in [0.2, 0.25) is 0 Å². The van der Waals surface area contributed by atoms with E-state index in [9.17, 15) is 4.79 Å². The smallest absolute Gasteiger partial charge is 0.290 e. The van der Waals surface area contributed by atoms with Crippen LogP contribution in [0.5, 0.6) is 0 Å². The molecule has 0 aliphatic carbocycles. The van der Waals surface area contributed by atoms with Gasteiger partial charge in [-0.3, -0.25) is 4.79 Å². The van der Waals surface area contributed by atoms with E-state index in [1.54, 1.807) is 29.6 Å². The van der Waals surface area contributed by atoms with Gasteiger partial charge in [0.1, 0.15) is 17.1 Å². The van der Waals surface area contributed by atoms with E-state index < -0.39 is 0 Å². The van der Waals surface area contributed by atoms with Gasteiger partial charge < -0.3 is 18.2 Å². The number of aryl methyl sites for hydroxylation is 1. The third-order valence-electron chi connectivity index (χ3n) is 4.24. The molecule has 0 saturated carbocycles. The van der Waals surface area contributed by atoms with Gasteiger partial charge in [0.25, 0.3) is 5.91 Å². The van der Waals surface area contributed by atoms with E-state index in [4.69, 9.17) is 13.3 Å². The number of benzene rings is 1. The summed E-state index contributed by atoms with van der Waals surface area (Å²) in [5, 5.41) is 0.924. The predicted molar refractivity (Wildman–Crippen MR) is 99.6 cm³/mol. The second kappa shape index (κ2) is 6.88. The second-order valence-corrected chi connectivity index (χ2v) is 6.93. The highest BCUT2D eigenvalue weighted by Crippen LogP contribution is 2.29. The summed E-state index contributed by atoms with van der Waals surface area (Å²) in [4.78, 5) is 14.9. The van der Waals surface area contributed by atoms with Gasteiger partial charge in [-0.1, -0.05) is 15.9 Å². The Kier molecular flexibility index (Phi) is 4.42. The number of hydrogen-bond donors (Lipinski definition) is 0. The number of rotatable bonds is 5. The van der Waals surface area contributed by atoms with E-state index in [-0.39, 0.29) is 5.91 Å². The fraction of sp³-hybridized carbons (Fsp3) is 0.150. The van der Waals surface area contributed by atoms with Crippen molar-refractivity contribution in [3.8, 4) is 0 Å². The Morgan fingerprint density at radius 3 is 2.27 bits per heavy atom. The number of fused-ring (bicyclic) bond motifs is 1. The molecule has 0 spiro atoms. The second-order valence-electron chi connectivity index (χ2n) is 6.02. The van der Waals surface area contributed by atoms with Gasteiger partial charge in [0.05, 0.1) is 25.6 Å². The van der Waals surface area contributed by atoms with Crippen LogP contribution in [0.2, 0.25) is 0 Å². The lowest BCUT2D eigenvalue weighted by molar-refractivity contribution is 0.0674. The molecule has 1 amide bonds.